The normalized spacial score (nSPS) is 18.9. The fourth-order valence-corrected chi connectivity index (χ4v) is 3.64. The highest BCUT2D eigenvalue weighted by Crippen LogP contribution is 2.29. The third kappa shape index (κ3) is 4.97. The number of morpholine rings is 1. The van der Waals surface area contributed by atoms with Crippen molar-refractivity contribution in [2.24, 2.45) is 0 Å². The molecule has 156 valence electrons. The van der Waals surface area contributed by atoms with Gasteiger partial charge in [-0.15, -0.1) is 10.2 Å². The molecular weight excluding hydrogens is 383 g/mol. The van der Waals surface area contributed by atoms with Crippen LogP contribution in [0.2, 0.25) is 0 Å². The number of hydrogen-bond acceptors (Lipinski definition) is 6. The second-order valence-corrected chi connectivity index (χ2v) is 7.31. The molecule has 0 radical (unpaired) electrons. The van der Waals surface area contributed by atoms with E-state index < -0.39 is 11.7 Å². The molecule has 2 aromatic rings. The van der Waals surface area contributed by atoms with E-state index in [9.17, 15) is 13.2 Å². The molecule has 0 atom stereocenters. The van der Waals surface area contributed by atoms with Gasteiger partial charge in [0.1, 0.15) is 0 Å². The molecular formula is C20H24F3N5O. The number of benzene rings is 1. The fraction of sp³-hybridized carbons (Fsp3) is 0.500. The van der Waals surface area contributed by atoms with Crippen molar-refractivity contribution in [3.8, 4) is 0 Å². The summed E-state index contributed by atoms with van der Waals surface area (Å²) >= 11 is 0. The van der Waals surface area contributed by atoms with Gasteiger partial charge in [-0.1, -0.05) is 12.1 Å². The Morgan fingerprint density at radius 3 is 1.83 bits per heavy atom. The zero-order valence-corrected chi connectivity index (χ0v) is 16.1. The van der Waals surface area contributed by atoms with Gasteiger partial charge in [-0.25, -0.2) is 0 Å². The van der Waals surface area contributed by atoms with Gasteiger partial charge < -0.3 is 14.5 Å². The Labute approximate surface area is 167 Å². The lowest BCUT2D eigenvalue weighted by Crippen LogP contribution is -2.46. The molecule has 1 aromatic heterocycles. The van der Waals surface area contributed by atoms with Crippen LogP contribution in [-0.4, -0.2) is 67.6 Å². The van der Waals surface area contributed by atoms with Crippen LogP contribution >= 0.6 is 0 Å². The van der Waals surface area contributed by atoms with Crippen molar-refractivity contribution in [3.05, 3.63) is 47.5 Å². The Kier molecular flexibility index (Phi) is 5.86. The number of piperazine rings is 1. The van der Waals surface area contributed by atoms with Crippen LogP contribution in [0.4, 0.5) is 24.8 Å². The highest BCUT2D eigenvalue weighted by molar-refractivity contribution is 5.45. The van der Waals surface area contributed by atoms with Crippen molar-refractivity contribution in [1.29, 1.82) is 0 Å². The third-order valence-corrected chi connectivity index (χ3v) is 5.36. The predicted molar refractivity (Wildman–Crippen MR) is 104 cm³/mol. The molecule has 9 heteroatoms. The Morgan fingerprint density at radius 2 is 1.31 bits per heavy atom. The van der Waals surface area contributed by atoms with Gasteiger partial charge in [0.25, 0.3) is 0 Å². The van der Waals surface area contributed by atoms with E-state index in [-0.39, 0.29) is 0 Å². The van der Waals surface area contributed by atoms with Crippen LogP contribution in [0.25, 0.3) is 0 Å². The molecule has 29 heavy (non-hydrogen) atoms. The van der Waals surface area contributed by atoms with E-state index in [0.717, 1.165) is 68.6 Å². The molecule has 0 bridgehead atoms. The van der Waals surface area contributed by atoms with Crippen LogP contribution in [0.3, 0.4) is 0 Å². The maximum Gasteiger partial charge on any atom is 0.416 e. The van der Waals surface area contributed by atoms with Crippen molar-refractivity contribution in [2.75, 3.05) is 62.3 Å². The first-order valence-corrected chi connectivity index (χ1v) is 9.79. The Bertz CT molecular complexity index is 783. The van der Waals surface area contributed by atoms with Crippen LogP contribution in [0.5, 0.6) is 0 Å². The first-order chi connectivity index (χ1) is 14.0. The molecule has 0 spiro atoms. The van der Waals surface area contributed by atoms with Gasteiger partial charge in [-0.2, -0.15) is 13.2 Å². The first kappa shape index (κ1) is 19.9. The number of rotatable bonds is 4. The molecule has 0 saturated carbocycles. The second-order valence-electron chi connectivity index (χ2n) is 7.31. The van der Waals surface area contributed by atoms with Crippen LogP contribution in [0.1, 0.15) is 11.1 Å². The summed E-state index contributed by atoms with van der Waals surface area (Å²) in [4.78, 5) is 6.61. The summed E-state index contributed by atoms with van der Waals surface area (Å²) in [6.07, 6.45) is -4.29. The van der Waals surface area contributed by atoms with E-state index in [1.807, 2.05) is 12.1 Å². The number of halogens is 3. The fourth-order valence-electron chi connectivity index (χ4n) is 3.64. The minimum atomic E-state index is -4.29. The van der Waals surface area contributed by atoms with Gasteiger partial charge in [0.05, 0.1) is 18.8 Å². The average molecular weight is 407 g/mol. The summed E-state index contributed by atoms with van der Waals surface area (Å²) < 4.78 is 43.4. The van der Waals surface area contributed by atoms with E-state index >= 15 is 0 Å². The summed E-state index contributed by atoms with van der Waals surface area (Å²) in [5.41, 5.74) is 0.284. The van der Waals surface area contributed by atoms with Crippen LogP contribution in [0, 0.1) is 0 Å². The summed E-state index contributed by atoms with van der Waals surface area (Å²) in [5.74, 6) is 1.73. The zero-order valence-electron chi connectivity index (χ0n) is 16.1. The summed E-state index contributed by atoms with van der Waals surface area (Å²) in [6, 6.07) is 9.43. The minimum absolute atomic E-state index is 0.606. The maximum absolute atomic E-state index is 12.7. The van der Waals surface area contributed by atoms with Crippen molar-refractivity contribution in [3.63, 3.8) is 0 Å². The minimum Gasteiger partial charge on any atom is -0.378 e. The second kappa shape index (κ2) is 8.54. The number of nitrogens with zero attached hydrogens (tertiary/aromatic N) is 5. The lowest BCUT2D eigenvalue weighted by Gasteiger charge is -2.35. The molecule has 2 saturated heterocycles. The van der Waals surface area contributed by atoms with Crippen molar-refractivity contribution in [1.82, 2.24) is 15.1 Å². The molecule has 0 aliphatic carbocycles. The van der Waals surface area contributed by atoms with E-state index in [2.05, 4.69) is 24.9 Å². The van der Waals surface area contributed by atoms with Gasteiger partial charge in [0.15, 0.2) is 11.6 Å². The Hall–Kier alpha value is -2.39. The maximum atomic E-state index is 12.7. The van der Waals surface area contributed by atoms with Crippen LogP contribution in [0.15, 0.2) is 36.4 Å². The Morgan fingerprint density at radius 1 is 0.759 bits per heavy atom. The van der Waals surface area contributed by atoms with Crippen LogP contribution < -0.4 is 9.80 Å². The molecule has 3 heterocycles. The van der Waals surface area contributed by atoms with Crippen molar-refractivity contribution >= 4 is 11.6 Å². The SMILES string of the molecule is FC(F)(F)c1ccc(CN2CCN(c3ccc(N4CCOCC4)nn3)CC2)cc1. The lowest BCUT2D eigenvalue weighted by atomic mass is 10.1. The Balaban J connectivity index is 1.29. The zero-order chi connectivity index (χ0) is 20.3. The molecule has 0 N–H and O–H groups in total. The van der Waals surface area contributed by atoms with E-state index in [1.54, 1.807) is 12.1 Å². The molecule has 0 unspecified atom stereocenters. The topological polar surface area (TPSA) is 44.7 Å². The van der Waals surface area contributed by atoms with E-state index in [1.165, 1.54) is 0 Å². The monoisotopic (exact) mass is 407 g/mol. The highest BCUT2D eigenvalue weighted by atomic mass is 19.4. The smallest absolute Gasteiger partial charge is 0.378 e. The molecule has 2 aliphatic rings. The van der Waals surface area contributed by atoms with Gasteiger partial charge in [-0.05, 0) is 29.8 Å². The summed E-state index contributed by atoms with van der Waals surface area (Å²) in [5, 5.41) is 8.75. The summed E-state index contributed by atoms with van der Waals surface area (Å²) in [6.45, 7) is 7.01. The number of ether oxygens (including phenoxy) is 1. The average Bonchev–Trinajstić information content (AvgIpc) is 2.75. The number of anilines is 2. The van der Waals surface area contributed by atoms with E-state index in [4.69, 9.17) is 4.74 Å². The van der Waals surface area contributed by atoms with Gasteiger partial charge in [0, 0.05) is 45.8 Å². The van der Waals surface area contributed by atoms with E-state index in [0.29, 0.717) is 19.8 Å². The molecule has 2 fully saturated rings. The van der Waals surface area contributed by atoms with Crippen molar-refractivity contribution in [2.45, 2.75) is 12.7 Å². The van der Waals surface area contributed by atoms with Gasteiger partial charge in [-0.3, -0.25) is 4.90 Å². The highest BCUT2D eigenvalue weighted by Gasteiger charge is 2.30. The number of alkyl halides is 3. The van der Waals surface area contributed by atoms with Gasteiger partial charge in [0.2, 0.25) is 0 Å². The lowest BCUT2D eigenvalue weighted by molar-refractivity contribution is -0.137. The molecule has 4 rings (SSSR count). The standard InChI is InChI=1S/C20H24F3N5O/c21-20(22,23)17-3-1-16(2-4-17)15-26-7-9-27(10-8-26)18-5-6-19(25-24-18)28-11-13-29-14-12-28/h1-6H,7-15H2. The molecule has 1 aromatic carbocycles. The number of aromatic nitrogens is 2. The summed E-state index contributed by atoms with van der Waals surface area (Å²) in [7, 11) is 0. The quantitative estimate of drug-likeness (QED) is 0.777. The predicted octanol–water partition coefficient (Wildman–Crippen LogP) is 2.65. The molecule has 6 nitrogen and oxygen atoms in total. The molecule has 2 aliphatic heterocycles. The van der Waals surface area contributed by atoms with Crippen molar-refractivity contribution < 1.29 is 17.9 Å². The third-order valence-electron chi connectivity index (χ3n) is 5.36. The molecule has 0 amide bonds. The van der Waals surface area contributed by atoms with Crippen LogP contribution in [-0.2, 0) is 17.5 Å². The first-order valence-electron chi connectivity index (χ1n) is 9.79. The van der Waals surface area contributed by atoms with Gasteiger partial charge >= 0.3 is 6.18 Å². The largest absolute Gasteiger partial charge is 0.416 e. The number of hydrogen-bond donors (Lipinski definition) is 0.